The van der Waals surface area contributed by atoms with Gasteiger partial charge < -0.3 is 9.47 Å². The van der Waals surface area contributed by atoms with Crippen LogP contribution in [0.2, 0.25) is 0 Å². The molecule has 1 aliphatic rings. The van der Waals surface area contributed by atoms with E-state index in [0.29, 0.717) is 6.61 Å². The van der Waals surface area contributed by atoms with E-state index < -0.39 is 12.3 Å². The molecule has 0 N–H and O–H groups in total. The van der Waals surface area contributed by atoms with E-state index in [1.54, 1.807) is 0 Å². The summed E-state index contributed by atoms with van der Waals surface area (Å²) < 4.78 is 46.5. The summed E-state index contributed by atoms with van der Waals surface area (Å²) in [6.45, 7) is 0.411. The first-order valence-electron chi connectivity index (χ1n) is 5.57. The van der Waals surface area contributed by atoms with E-state index in [4.69, 9.17) is 4.74 Å². The maximum absolute atomic E-state index is 12.3. The second-order valence-corrected chi connectivity index (χ2v) is 3.87. The molecule has 0 saturated carbocycles. The number of alkyl halides is 3. The first kappa shape index (κ1) is 14.3. The second kappa shape index (κ2) is 6.81. The largest absolute Gasteiger partial charge is 0.414 e. The summed E-state index contributed by atoms with van der Waals surface area (Å²) in [5.74, 6) is 0. The second-order valence-electron chi connectivity index (χ2n) is 3.87. The minimum absolute atomic E-state index is 0.0448. The van der Waals surface area contributed by atoms with Crippen LogP contribution in [0.5, 0.6) is 0 Å². The van der Waals surface area contributed by atoms with E-state index in [0.717, 1.165) is 25.5 Å². The average Bonchev–Trinajstić information content (AvgIpc) is 2.28. The molecular weight excluding hydrogens is 233 g/mol. The fourth-order valence-corrected chi connectivity index (χ4v) is 1.57. The molecule has 0 aromatic heterocycles. The maximum atomic E-state index is 12.3. The maximum Gasteiger partial charge on any atom is 0.414 e. The van der Waals surface area contributed by atoms with Gasteiger partial charge in [-0.05, 0) is 18.4 Å². The van der Waals surface area contributed by atoms with Crippen molar-refractivity contribution in [2.75, 3.05) is 20.3 Å². The van der Waals surface area contributed by atoms with Crippen LogP contribution in [0.1, 0.15) is 19.3 Å². The fraction of sp³-hybridized carbons (Fsp3) is 0.667. The van der Waals surface area contributed by atoms with Gasteiger partial charge >= 0.3 is 6.18 Å². The number of ether oxygens (including phenoxy) is 2. The molecule has 0 aromatic rings. The van der Waals surface area contributed by atoms with Gasteiger partial charge in [0.25, 0.3) is 0 Å². The van der Waals surface area contributed by atoms with E-state index in [1.165, 1.54) is 0 Å². The van der Waals surface area contributed by atoms with Crippen molar-refractivity contribution in [1.82, 2.24) is 0 Å². The summed E-state index contributed by atoms with van der Waals surface area (Å²) in [5.41, 5.74) is 1.03. The predicted molar refractivity (Wildman–Crippen MR) is 58.7 cm³/mol. The van der Waals surface area contributed by atoms with Crippen LogP contribution in [0, 0.1) is 0 Å². The lowest BCUT2D eigenvalue weighted by molar-refractivity contribution is -0.216. The Kier molecular flexibility index (Phi) is 5.71. The van der Waals surface area contributed by atoms with Crippen molar-refractivity contribution >= 4 is 0 Å². The lowest BCUT2D eigenvalue weighted by atomic mass is 10.1. The Labute approximate surface area is 99.1 Å². The Morgan fingerprint density at radius 1 is 1.35 bits per heavy atom. The third-order valence-electron chi connectivity index (χ3n) is 2.51. The van der Waals surface area contributed by atoms with Gasteiger partial charge in [-0.15, -0.1) is 0 Å². The Morgan fingerprint density at radius 2 is 2.12 bits per heavy atom. The van der Waals surface area contributed by atoms with Crippen LogP contribution < -0.4 is 0 Å². The lowest BCUT2D eigenvalue weighted by Gasteiger charge is -2.18. The quantitative estimate of drug-likeness (QED) is 0.674. The molecule has 0 bridgehead atoms. The minimum Gasteiger partial charge on any atom is -0.377 e. The summed E-state index contributed by atoms with van der Waals surface area (Å²) in [6.07, 6.45) is 1.78. The number of hydrogen-bond acceptors (Lipinski definition) is 2. The highest BCUT2D eigenvalue weighted by atomic mass is 19.4. The third kappa shape index (κ3) is 5.37. The molecular formula is C12H17F3O2. The van der Waals surface area contributed by atoms with Crippen molar-refractivity contribution in [3.63, 3.8) is 0 Å². The van der Waals surface area contributed by atoms with Gasteiger partial charge in [-0.3, -0.25) is 0 Å². The predicted octanol–water partition coefficient (Wildman–Crippen LogP) is 3.25. The van der Waals surface area contributed by atoms with Gasteiger partial charge in [0.1, 0.15) is 0 Å². The number of allylic oxidation sites excluding steroid dienone is 2. The molecule has 1 unspecified atom stereocenters. The fourth-order valence-electron chi connectivity index (χ4n) is 1.57. The van der Waals surface area contributed by atoms with E-state index >= 15 is 0 Å². The molecule has 17 heavy (non-hydrogen) atoms. The van der Waals surface area contributed by atoms with Crippen molar-refractivity contribution in [2.45, 2.75) is 31.5 Å². The summed E-state index contributed by atoms with van der Waals surface area (Å²) in [6, 6.07) is 0. The van der Waals surface area contributed by atoms with Crippen LogP contribution >= 0.6 is 0 Å². The molecule has 1 atom stereocenters. The Morgan fingerprint density at radius 3 is 2.65 bits per heavy atom. The van der Waals surface area contributed by atoms with E-state index in [-0.39, 0.29) is 13.0 Å². The number of halogens is 3. The molecule has 0 fully saturated rings. The summed E-state index contributed by atoms with van der Waals surface area (Å²) in [5, 5.41) is 0. The number of methoxy groups -OCH3 is 1. The van der Waals surface area contributed by atoms with Gasteiger partial charge in [-0.1, -0.05) is 18.2 Å². The van der Waals surface area contributed by atoms with Crippen molar-refractivity contribution in [2.24, 2.45) is 0 Å². The Bertz CT molecular complexity index is 282. The highest BCUT2D eigenvalue weighted by molar-refractivity contribution is 5.22. The molecule has 0 radical (unpaired) electrons. The summed E-state index contributed by atoms with van der Waals surface area (Å²) >= 11 is 0. The first-order chi connectivity index (χ1) is 8.04. The Hall–Kier alpha value is -0.810. The molecule has 0 saturated heterocycles. The standard InChI is InChI=1S/C12H17F3O2/c1-16-11(12(13,14)15)7-8-17-9-10-5-3-2-4-6-10/h3,5-6,11H,2,4,7-9H2,1H3. The van der Waals surface area contributed by atoms with Gasteiger partial charge in [0, 0.05) is 20.1 Å². The van der Waals surface area contributed by atoms with Crippen LogP contribution in [0.25, 0.3) is 0 Å². The van der Waals surface area contributed by atoms with Crippen LogP contribution in [0.15, 0.2) is 23.8 Å². The molecule has 5 heteroatoms. The SMILES string of the molecule is COC(CCOCC1=CCCC=C1)C(F)(F)F. The van der Waals surface area contributed by atoms with Crippen molar-refractivity contribution in [3.05, 3.63) is 23.8 Å². The summed E-state index contributed by atoms with van der Waals surface area (Å²) in [4.78, 5) is 0. The van der Waals surface area contributed by atoms with Gasteiger partial charge in [0.05, 0.1) is 6.61 Å². The highest BCUT2D eigenvalue weighted by Crippen LogP contribution is 2.24. The zero-order valence-corrected chi connectivity index (χ0v) is 9.80. The van der Waals surface area contributed by atoms with Gasteiger partial charge in [-0.25, -0.2) is 0 Å². The molecule has 0 aromatic carbocycles. The van der Waals surface area contributed by atoms with Crippen LogP contribution in [-0.2, 0) is 9.47 Å². The van der Waals surface area contributed by atoms with Crippen molar-refractivity contribution in [3.8, 4) is 0 Å². The Balaban J connectivity index is 2.19. The number of hydrogen-bond donors (Lipinski definition) is 0. The van der Waals surface area contributed by atoms with E-state index in [2.05, 4.69) is 4.74 Å². The average molecular weight is 250 g/mol. The summed E-state index contributed by atoms with van der Waals surface area (Å²) in [7, 11) is 1.06. The molecule has 98 valence electrons. The van der Waals surface area contributed by atoms with Gasteiger partial charge in [-0.2, -0.15) is 13.2 Å². The molecule has 2 nitrogen and oxygen atoms in total. The topological polar surface area (TPSA) is 18.5 Å². The molecule has 0 amide bonds. The lowest BCUT2D eigenvalue weighted by Crippen LogP contribution is -2.31. The molecule has 1 aliphatic carbocycles. The minimum atomic E-state index is -4.32. The third-order valence-corrected chi connectivity index (χ3v) is 2.51. The van der Waals surface area contributed by atoms with Crippen molar-refractivity contribution in [1.29, 1.82) is 0 Å². The normalized spacial score (nSPS) is 18.0. The molecule has 1 rings (SSSR count). The van der Waals surface area contributed by atoms with Crippen LogP contribution in [0.4, 0.5) is 13.2 Å². The van der Waals surface area contributed by atoms with Gasteiger partial charge in [0.2, 0.25) is 0 Å². The van der Waals surface area contributed by atoms with E-state index in [1.807, 2.05) is 18.2 Å². The first-order valence-corrected chi connectivity index (χ1v) is 5.57. The highest BCUT2D eigenvalue weighted by Gasteiger charge is 2.39. The molecule has 0 aliphatic heterocycles. The van der Waals surface area contributed by atoms with Crippen LogP contribution in [0.3, 0.4) is 0 Å². The van der Waals surface area contributed by atoms with Crippen LogP contribution in [-0.4, -0.2) is 32.6 Å². The van der Waals surface area contributed by atoms with Crippen molar-refractivity contribution < 1.29 is 22.6 Å². The zero-order chi connectivity index (χ0) is 12.7. The van der Waals surface area contributed by atoms with Gasteiger partial charge in [0.15, 0.2) is 6.10 Å². The monoisotopic (exact) mass is 250 g/mol. The molecule has 0 heterocycles. The number of rotatable bonds is 6. The zero-order valence-electron chi connectivity index (χ0n) is 9.80. The molecule has 0 spiro atoms. The van der Waals surface area contributed by atoms with E-state index in [9.17, 15) is 13.2 Å². The smallest absolute Gasteiger partial charge is 0.377 e.